The summed E-state index contributed by atoms with van der Waals surface area (Å²) >= 11 is 0. The molecule has 4 bridgehead atoms. The Morgan fingerprint density at radius 2 is 1.64 bits per heavy atom. The molecule has 0 saturated heterocycles. The van der Waals surface area contributed by atoms with Crippen LogP contribution in [0, 0.1) is 35.3 Å². The average molecular weight is 348 g/mol. The van der Waals surface area contributed by atoms with Crippen molar-refractivity contribution in [2.24, 2.45) is 23.7 Å². The van der Waals surface area contributed by atoms with Gasteiger partial charge in [0, 0.05) is 12.1 Å². The molecule has 4 aliphatic carbocycles. The van der Waals surface area contributed by atoms with Gasteiger partial charge < -0.3 is 0 Å². The van der Waals surface area contributed by atoms with Crippen LogP contribution in [-0.2, 0) is 4.79 Å². The Bertz CT molecular complexity index is 635. The maximum absolute atomic E-state index is 14.5. The van der Waals surface area contributed by atoms with E-state index in [4.69, 9.17) is 0 Å². The lowest BCUT2D eigenvalue weighted by Gasteiger charge is -2.58. The van der Waals surface area contributed by atoms with Gasteiger partial charge in [0.2, 0.25) is 6.41 Å². The quantitative estimate of drug-likeness (QED) is 0.582. The number of nitrogens with zero attached hydrogens (tertiary/aromatic N) is 2. The zero-order valence-corrected chi connectivity index (χ0v) is 14.9. The van der Waals surface area contributed by atoms with E-state index >= 15 is 0 Å². The molecule has 0 aliphatic heterocycles. The molecule has 4 saturated carbocycles. The molecule has 5 heteroatoms. The number of anilines is 1. The van der Waals surface area contributed by atoms with Crippen molar-refractivity contribution in [2.45, 2.75) is 58.0 Å². The van der Waals surface area contributed by atoms with E-state index in [1.165, 1.54) is 44.2 Å². The number of hydrazine groups is 1. The van der Waals surface area contributed by atoms with Crippen molar-refractivity contribution in [3.05, 3.63) is 29.8 Å². The van der Waals surface area contributed by atoms with Crippen LogP contribution in [0.1, 0.15) is 46.0 Å². The highest BCUT2D eigenvalue weighted by Crippen LogP contribution is 2.55. The number of amides is 1. The first-order valence-electron chi connectivity index (χ1n) is 9.45. The first kappa shape index (κ1) is 16.8. The van der Waals surface area contributed by atoms with Gasteiger partial charge in [0.25, 0.3) is 0 Å². The van der Waals surface area contributed by atoms with Gasteiger partial charge in [-0.2, -0.15) is 0 Å². The third kappa shape index (κ3) is 2.81. The van der Waals surface area contributed by atoms with Gasteiger partial charge >= 0.3 is 0 Å². The van der Waals surface area contributed by atoms with E-state index in [9.17, 15) is 13.6 Å². The van der Waals surface area contributed by atoms with Crippen LogP contribution < -0.4 is 5.01 Å². The molecule has 1 aromatic rings. The third-order valence-corrected chi connectivity index (χ3v) is 6.48. The Kier molecular flexibility index (Phi) is 4.20. The van der Waals surface area contributed by atoms with Crippen molar-refractivity contribution in [3.8, 4) is 0 Å². The molecule has 0 heterocycles. The standard InChI is InChI=1S/C20H26F2N2O/c1-12(2)24(19-4-3-17(21)10-18(19)22)23(11-25)20-15-6-13-5-14(8-15)9-16(20)7-13/h3-4,10-16,20H,5-9H2,1-2H3. The molecule has 0 N–H and O–H groups in total. The molecule has 0 unspecified atom stereocenters. The summed E-state index contributed by atoms with van der Waals surface area (Å²) in [5, 5.41) is 3.46. The molecule has 25 heavy (non-hydrogen) atoms. The van der Waals surface area contributed by atoms with Crippen molar-refractivity contribution in [2.75, 3.05) is 5.01 Å². The summed E-state index contributed by atoms with van der Waals surface area (Å²) in [6.07, 6.45) is 6.93. The summed E-state index contributed by atoms with van der Waals surface area (Å²) in [6, 6.07) is 3.63. The number of hydrogen-bond donors (Lipinski definition) is 0. The van der Waals surface area contributed by atoms with Gasteiger partial charge in [-0.1, -0.05) is 0 Å². The molecule has 3 nitrogen and oxygen atoms in total. The van der Waals surface area contributed by atoms with Gasteiger partial charge in [-0.3, -0.25) is 14.8 Å². The second-order valence-corrected chi connectivity index (χ2v) is 8.44. The van der Waals surface area contributed by atoms with Crippen LogP contribution in [-0.4, -0.2) is 23.5 Å². The number of halogens is 2. The first-order chi connectivity index (χ1) is 12.0. The summed E-state index contributed by atoms with van der Waals surface area (Å²) in [6.45, 7) is 3.88. The van der Waals surface area contributed by atoms with Gasteiger partial charge in [0.15, 0.2) is 5.82 Å². The average Bonchev–Trinajstić information content (AvgIpc) is 2.54. The zero-order chi connectivity index (χ0) is 17.7. The lowest BCUT2D eigenvalue weighted by atomic mass is 9.54. The van der Waals surface area contributed by atoms with Crippen molar-refractivity contribution < 1.29 is 13.6 Å². The Balaban J connectivity index is 1.69. The second-order valence-electron chi connectivity index (χ2n) is 8.44. The van der Waals surface area contributed by atoms with Gasteiger partial charge in [0.1, 0.15) is 5.82 Å². The Labute approximate surface area is 148 Å². The summed E-state index contributed by atoms with van der Waals surface area (Å²) in [4.78, 5) is 12.1. The Hall–Kier alpha value is -1.65. The molecule has 1 amide bonds. The molecule has 0 spiro atoms. The topological polar surface area (TPSA) is 23.6 Å². The zero-order valence-electron chi connectivity index (χ0n) is 14.9. The minimum atomic E-state index is -0.621. The lowest BCUT2D eigenvalue weighted by Crippen LogP contribution is -2.61. The number of carbonyl (C=O) groups is 1. The van der Waals surface area contributed by atoms with Gasteiger partial charge in [-0.15, -0.1) is 0 Å². The SMILES string of the molecule is CC(C)N(c1ccc(F)cc1F)N(C=O)C1C2CC3CC(C2)CC1C3. The fourth-order valence-corrected chi connectivity index (χ4v) is 5.93. The molecule has 5 rings (SSSR count). The van der Waals surface area contributed by atoms with E-state index in [0.717, 1.165) is 24.3 Å². The maximum atomic E-state index is 14.5. The molecule has 0 aromatic heterocycles. The van der Waals surface area contributed by atoms with E-state index in [2.05, 4.69) is 0 Å². The van der Waals surface area contributed by atoms with E-state index in [-0.39, 0.29) is 17.8 Å². The minimum absolute atomic E-state index is 0.0950. The molecule has 1 aromatic carbocycles. The number of carbonyl (C=O) groups excluding carboxylic acids is 1. The van der Waals surface area contributed by atoms with Crippen LogP contribution >= 0.6 is 0 Å². The predicted octanol–water partition coefficient (Wildman–Crippen LogP) is 4.38. The summed E-state index contributed by atoms with van der Waals surface area (Å²) in [5.41, 5.74) is 0.275. The molecule has 0 atom stereocenters. The maximum Gasteiger partial charge on any atom is 0.228 e. The van der Waals surface area contributed by atoms with Crippen molar-refractivity contribution in [3.63, 3.8) is 0 Å². The molecular formula is C20H26F2N2O. The smallest absolute Gasteiger partial charge is 0.228 e. The molecule has 0 radical (unpaired) electrons. The monoisotopic (exact) mass is 348 g/mol. The van der Waals surface area contributed by atoms with E-state index in [0.29, 0.717) is 11.8 Å². The van der Waals surface area contributed by atoms with Crippen LogP contribution in [0.25, 0.3) is 0 Å². The highest BCUT2D eigenvalue weighted by molar-refractivity contribution is 5.58. The summed E-state index contributed by atoms with van der Waals surface area (Å²) in [5.74, 6) is 1.41. The number of rotatable bonds is 5. The highest BCUT2D eigenvalue weighted by atomic mass is 19.1. The minimum Gasteiger partial charge on any atom is -0.277 e. The van der Waals surface area contributed by atoms with Crippen LogP contribution in [0.3, 0.4) is 0 Å². The third-order valence-electron chi connectivity index (χ3n) is 6.48. The fourth-order valence-electron chi connectivity index (χ4n) is 5.93. The molecular weight excluding hydrogens is 322 g/mol. The Morgan fingerprint density at radius 1 is 1.04 bits per heavy atom. The first-order valence-corrected chi connectivity index (χ1v) is 9.45. The van der Waals surface area contributed by atoms with Crippen molar-refractivity contribution in [1.29, 1.82) is 0 Å². The van der Waals surface area contributed by atoms with Crippen molar-refractivity contribution >= 4 is 12.1 Å². The van der Waals surface area contributed by atoms with Gasteiger partial charge in [-0.05, 0) is 81.8 Å². The second kappa shape index (κ2) is 6.26. The predicted molar refractivity (Wildman–Crippen MR) is 92.7 cm³/mol. The molecule has 4 fully saturated rings. The van der Waals surface area contributed by atoms with E-state index in [1.54, 1.807) is 10.0 Å². The highest BCUT2D eigenvalue weighted by Gasteiger charge is 2.51. The largest absolute Gasteiger partial charge is 0.277 e. The van der Waals surface area contributed by atoms with Crippen LogP contribution in [0.4, 0.5) is 14.5 Å². The summed E-state index contributed by atoms with van der Waals surface area (Å²) < 4.78 is 27.8. The summed E-state index contributed by atoms with van der Waals surface area (Å²) in [7, 11) is 0. The van der Waals surface area contributed by atoms with Crippen molar-refractivity contribution in [1.82, 2.24) is 5.01 Å². The van der Waals surface area contributed by atoms with Crippen LogP contribution in [0.2, 0.25) is 0 Å². The normalized spacial score (nSPS) is 32.9. The number of hydrogen-bond acceptors (Lipinski definition) is 2. The van der Waals surface area contributed by atoms with Crippen LogP contribution in [0.5, 0.6) is 0 Å². The van der Waals surface area contributed by atoms with Gasteiger partial charge in [-0.25, -0.2) is 8.78 Å². The fraction of sp³-hybridized carbons (Fsp3) is 0.650. The molecule has 4 aliphatic rings. The molecule has 136 valence electrons. The van der Waals surface area contributed by atoms with E-state index < -0.39 is 11.6 Å². The van der Waals surface area contributed by atoms with Crippen LogP contribution in [0.15, 0.2) is 18.2 Å². The Morgan fingerprint density at radius 3 is 2.12 bits per heavy atom. The van der Waals surface area contributed by atoms with Gasteiger partial charge in [0.05, 0.1) is 11.7 Å². The number of benzene rings is 1. The van der Waals surface area contributed by atoms with E-state index in [1.807, 2.05) is 13.8 Å². The lowest BCUT2D eigenvalue weighted by molar-refractivity contribution is -0.132.